The molecule has 1 aliphatic heterocycles. The minimum Gasteiger partial charge on any atom is -0.379 e. The second kappa shape index (κ2) is 10.1. The summed E-state index contributed by atoms with van der Waals surface area (Å²) in [5.41, 5.74) is 1.52. The number of imidazole rings is 1. The summed E-state index contributed by atoms with van der Waals surface area (Å²) in [7, 11) is -3.58. The molecule has 1 N–H and O–H groups in total. The fraction of sp³-hybridized carbons (Fsp3) is 0.600. The van der Waals surface area contributed by atoms with Crippen LogP contribution in [0.15, 0.2) is 28.3 Å². The van der Waals surface area contributed by atoms with E-state index in [0.29, 0.717) is 31.8 Å². The third kappa shape index (κ3) is 5.35. The number of benzene rings is 1. The number of carbonyl (C=O) groups excluding carboxylic acids is 1. The molecule has 0 saturated carbocycles. The van der Waals surface area contributed by atoms with Gasteiger partial charge in [0.25, 0.3) is 0 Å². The van der Waals surface area contributed by atoms with Crippen LogP contribution in [-0.4, -0.2) is 66.3 Å². The van der Waals surface area contributed by atoms with E-state index >= 15 is 0 Å². The fourth-order valence-corrected chi connectivity index (χ4v) is 5.60. The van der Waals surface area contributed by atoms with Crippen LogP contribution in [0.2, 0.25) is 0 Å². The number of amides is 1. The van der Waals surface area contributed by atoms with Crippen LogP contribution in [-0.2, 0) is 26.1 Å². The molecule has 1 aromatic carbocycles. The molecule has 2 aromatic rings. The smallest absolute Gasteiger partial charge is 0.243 e. The number of hydrogen-bond donors (Lipinski definition) is 1. The van der Waals surface area contributed by atoms with Gasteiger partial charge in [-0.25, -0.2) is 13.4 Å². The van der Waals surface area contributed by atoms with E-state index in [1.807, 2.05) is 19.9 Å². The molecule has 8 nitrogen and oxygen atoms in total. The van der Waals surface area contributed by atoms with Crippen LogP contribution in [0.3, 0.4) is 0 Å². The van der Waals surface area contributed by atoms with Crippen molar-refractivity contribution in [3.05, 3.63) is 18.2 Å². The maximum Gasteiger partial charge on any atom is 0.243 e. The summed E-state index contributed by atoms with van der Waals surface area (Å²) >= 11 is 1.38. The van der Waals surface area contributed by atoms with Crippen molar-refractivity contribution in [1.82, 2.24) is 19.2 Å². The lowest BCUT2D eigenvalue weighted by atomic mass is 10.3. The molecule has 30 heavy (non-hydrogen) atoms. The summed E-state index contributed by atoms with van der Waals surface area (Å²) in [6.07, 6.45) is 2.01. The molecule has 0 atom stereocenters. The van der Waals surface area contributed by atoms with Gasteiger partial charge in [0.2, 0.25) is 15.9 Å². The van der Waals surface area contributed by atoms with Gasteiger partial charge in [-0.3, -0.25) is 4.79 Å². The Balaban J connectivity index is 1.90. The highest BCUT2D eigenvalue weighted by atomic mass is 32.2. The highest BCUT2D eigenvalue weighted by molar-refractivity contribution is 7.99. The molecular weight excluding hydrogens is 424 g/mol. The van der Waals surface area contributed by atoms with Crippen molar-refractivity contribution in [3.8, 4) is 0 Å². The summed E-state index contributed by atoms with van der Waals surface area (Å²) in [6, 6.07) is 5.20. The number of ether oxygens (including phenoxy) is 1. The SMILES string of the molecule is CCCCn1c(SCC(=O)NC(C)C)nc2cc(S(=O)(=O)N3CCOCC3)ccc21. The average Bonchev–Trinajstić information content (AvgIpc) is 3.07. The first-order valence-electron chi connectivity index (χ1n) is 10.3. The number of aryl methyl sites for hydroxylation is 1. The third-order valence-corrected chi connectivity index (χ3v) is 7.68. The second-order valence-corrected chi connectivity index (χ2v) is 10.5. The number of carbonyl (C=O) groups is 1. The number of unbranched alkanes of at least 4 members (excludes halogenated alkanes) is 1. The number of morpholine rings is 1. The van der Waals surface area contributed by atoms with Crippen molar-refractivity contribution in [2.45, 2.75) is 56.3 Å². The Morgan fingerprint density at radius 1 is 1.30 bits per heavy atom. The van der Waals surface area contributed by atoms with Gasteiger partial charge in [-0.05, 0) is 38.5 Å². The first-order chi connectivity index (χ1) is 14.3. The van der Waals surface area contributed by atoms with Gasteiger partial charge in [0.05, 0.1) is 34.9 Å². The van der Waals surface area contributed by atoms with Crippen LogP contribution >= 0.6 is 11.8 Å². The number of nitrogens with zero attached hydrogens (tertiary/aromatic N) is 3. The number of fused-ring (bicyclic) bond motifs is 1. The van der Waals surface area contributed by atoms with Crippen molar-refractivity contribution < 1.29 is 17.9 Å². The van der Waals surface area contributed by atoms with Crippen molar-refractivity contribution in [1.29, 1.82) is 0 Å². The molecule has 0 bridgehead atoms. The van der Waals surface area contributed by atoms with Crippen LogP contribution in [0.4, 0.5) is 0 Å². The van der Waals surface area contributed by atoms with Crippen LogP contribution < -0.4 is 5.32 Å². The quantitative estimate of drug-likeness (QED) is 0.585. The van der Waals surface area contributed by atoms with Gasteiger partial charge in [-0.2, -0.15) is 4.31 Å². The lowest BCUT2D eigenvalue weighted by molar-refractivity contribution is -0.119. The van der Waals surface area contributed by atoms with Crippen molar-refractivity contribution >= 4 is 38.7 Å². The van der Waals surface area contributed by atoms with Crippen LogP contribution in [0, 0.1) is 0 Å². The molecule has 0 spiro atoms. The van der Waals surface area contributed by atoms with Crippen molar-refractivity contribution in [3.63, 3.8) is 0 Å². The molecule has 1 aromatic heterocycles. The minimum atomic E-state index is -3.58. The number of aromatic nitrogens is 2. The van der Waals surface area contributed by atoms with Gasteiger partial charge in [0.1, 0.15) is 0 Å². The second-order valence-electron chi connectivity index (χ2n) is 7.58. The topological polar surface area (TPSA) is 93.5 Å². The largest absolute Gasteiger partial charge is 0.379 e. The lowest BCUT2D eigenvalue weighted by Gasteiger charge is -2.26. The Hall–Kier alpha value is -1.62. The average molecular weight is 455 g/mol. The summed E-state index contributed by atoms with van der Waals surface area (Å²) in [4.78, 5) is 17.0. The number of rotatable bonds is 9. The summed E-state index contributed by atoms with van der Waals surface area (Å²) in [5, 5.41) is 3.62. The molecule has 166 valence electrons. The Bertz CT molecular complexity index is 982. The van der Waals surface area contributed by atoms with Gasteiger partial charge in [-0.1, -0.05) is 25.1 Å². The third-order valence-electron chi connectivity index (χ3n) is 4.81. The van der Waals surface area contributed by atoms with Crippen LogP contribution in [0.5, 0.6) is 0 Å². The molecule has 1 saturated heterocycles. The number of hydrogen-bond acceptors (Lipinski definition) is 6. The van der Waals surface area contributed by atoms with Crippen molar-refractivity contribution in [2.75, 3.05) is 32.1 Å². The van der Waals surface area contributed by atoms with E-state index in [1.54, 1.807) is 12.1 Å². The first-order valence-corrected chi connectivity index (χ1v) is 12.8. The van der Waals surface area contributed by atoms with E-state index in [0.717, 1.165) is 30.1 Å². The highest BCUT2D eigenvalue weighted by Crippen LogP contribution is 2.28. The molecule has 2 heterocycles. The van der Waals surface area contributed by atoms with E-state index in [1.165, 1.54) is 16.1 Å². The van der Waals surface area contributed by atoms with E-state index in [2.05, 4.69) is 21.8 Å². The molecular formula is C20H30N4O4S2. The van der Waals surface area contributed by atoms with E-state index < -0.39 is 10.0 Å². The van der Waals surface area contributed by atoms with Crippen LogP contribution in [0.1, 0.15) is 33.6 Å². The normalized spacial score (nSPS) is 15.7. The molecule has 0 radical (unpaired) electrons. The Labute approximate surface area is 182 Å². The summed E-state index contributed by atoms with van der Waals surface area (Å²) in [6.45, 7) is 8.28. The zero-order valence-corrected chi connectivity index (χ0v) is 19.4. The predicted octanol–water partition coefficient (Wildman–Crippen LogP) is 2.47. The van der Waals surface area contributed by atoms with E-state index in [-0.39, 0.29) is 22.6 Å². The Kier molecular flexibility index (Phi) is 7.78. The molecule has 3 rings (SSSR count). The number of nitrogens with one attached hydrogen (secondary N) is 1. The molecule has 1 aliphatic rings. The van der Waals surface area contributed by atoms with Gasteiger partial charge in [-0.15, -0.1) is 0 Å². The van der Waals surface area contributed by atoms with E-state index in [4.69, 9.17) is 4.74 Å². The van der Waals surface area contributed by atoms with Crippen LogP contribution in [0.25, 0.3) is 11.0 Å². The first kappa shape index (κ1) is 23.1. The molecule has 0 unspecified atom stereocenters. The summed E-state index contributed by atoms with van der Waals surface area (Å²) in [5.74, 6) is 0.228. The molecule has 1 amide bonds. The standard InChI is InChI=1S/C20H30N4O4S2/c1-4-5-8-24-18-7-6-16(30(26,27)23-9-11-28-12-10-23)13-17(18)22-20(24)29-14-19(25)21-15(2)3/h6-7,13,15H,4-5,8-12,14H2,1-3H3,(H,21,25). The van der Waals surface area contributed by atoms with E-state index in [9.17, 15) is 13.2 Å². The monoisotopic (exact) mass is 454 g/mol. The zero-order chi connectivity index (χ0) is 21.7. The molecule has 1 fully saturated rings. The fourth-order valence-electron chi connectivity index (χ4n) is 3.32. The Morgan fingerprint density at radius 3 is 2.70 bits per heavy atom. The maximum absolute atomic E-state index is 13.0. The molecule has 10 heteroatoms. The highest BCUT2D eigenvalue weighted by Gasteiger charge is 2.27. The minimum absolute atomic E-state index is 0.0420. The Morgan fingerprint density at radius 2 is 2.03 bits per heavy atom. The van der Waals surface area contributed by atoms with Crippen molar-refractivity contribution in [2.24, 2.45) is 0 Å². The number of thioether (sulfide) groups is 1. The van der Waals surface area contributed by atoms with Gasteiger partial charge < -0.3 is 14.6 Å². The number of sulfonamides is 1. The summed E-state index contributed by atoms with van der Waals surface area (Å²) < 4.78 is 34.8. The van der Waals surface area contributed by atoms with Gasteiger partial charge in [0.15, 0.2) is 5.16 Å². The maximum atomic E-state index is 13.0. The lowest BCUT2D eigenvalue weighted by Crippen LogP contribution is -2.40. The molecule has 0 aliphatic carbocycles. The zero-order valence-electron chi connectivity index (χ0n) is 17.8. The van der Waals surface area contributed by atoms with Gasteiger partial charge >= 0.3 is 0 Å². The van der Waals surface area contributed by atoms with Gasteiger partial charge in [0, 0.05) is 25.7 Å². The predicted molar refractivity (Wildman–Crippen MR) is 118 cm³/mol.